The van der Waals surface area contributed by atoms with Gasteiger partial charge in [-0.25, -0.2) is 4.98 Å². The number of para-hydroxylation sites is 8. The molecule has 8 heterocycles. The molecule has 4 aliphatic heterocycles. The first-order valence-electron chi connectivity index (χ1n) is 30.9. The van der Waals surface area contributed by atoms with Crippen LogP contribution in [0.2, 0.25) is 0 Å². The van der Waals surface area contributed by atoms with Crippen molar-refractivity contribution in [2.24, 2.45) is 0 Å². The second kappa shape index (κ2) is 18.0. The van der Waals surface area contributed by atoms with E-state index in [1.54, 1.807) is 0 Å². The topological polar surface area (TPSA) is 54.6 Å². The molecule has 4 aromatic heterocycles. The van der Waals surface area contributed by atoms with E-state index in [4.69, 9.17) is 14.7 Å². The number of ether oxygens (including phenoxy) is 1. The van der Waals surface area contributed by atoms with Gasteiger partial charge in [-0.05, 0) is 153 Å². The van der Waals surface area contributed by atoms with E-state index in [-0.39, 0.29) is 24.3 Å². The lowest BCUT2D eigenvalue weighted by Crippen LogP contribution is -2.65. The molecule has 0 amide bonds. The predicted molar refractivity (Wildman–Crippen MR) is 366 cm³/mol. The van der Waals surface area contributed by atoms with Gasteiger partial charge in [0.1, 0.15) is 17.2 Å². The number of benzene rings is 10. The van der Waals surface area contributed by atoms with Crippen LogP contribution in [0, 0.1) is 0 Å². The van der Waals surface area contributed by atoms with Crippen molar-refractivity contribution in [3.63, 3.8) is 0 Å². The SMILES string of the molecule is CC1(C)CCC(C)(C)c2cc(N3c4ccccc4B4c5cc6c(cc5N(c5ccccc5)c5c4c3nc3c5c4ccccc4n3-c3ccccc3)N(c3ccccc3)c3c4c(nc5c3c3ccccc3n5-c3ccccc3)Oc3ccccc3B64)ccc21. The third-order valence-corrected chi connectivity index (χ3v) is 20.2. The van der Waals surface area contributed by atoms with Crippen LogP contribution < -0.4 is 52.2 Å². The zero-order valence-electron chi connectivity index (χ0n) is 49.3. The molecule has 10 aromatic carbocycles. The van der Waals surface area contributed by atoms with E-state index in [0.29, 0.717) is 5.88 Å². The summed E-state index contributed by atoms with van der Waals surface area (Å²) in [5.41, 5.74) is 24.6. The number of nitrogens with zero attached hydrogens (tertiary/aromatic N) is 7. The largest absolute Gasteiger partial charge is 0.440 e. The molecule has 14 aromatic rings. The lowest BCUT2D eigenvalue weighted by molar-refractivity contribution is 0.332. The molecule has 0 bridgehead atoms. The number of rotatable bonds is 5. The second-order valence-electron chi connectivity index (χ2n) is 25.9. The van der Waals surface area contributed by atoms with Crippen molar-refractivity contribution in [3.05, 3.63) is 260 Å². The molecule has 416 valence electrons. The number of hydrogen-bond acceptors (Lipinski definition) is 6. The van der Waals surface area contributed by atoms with E-state index in [2.05, 4.69) is 300 Å². The Hall–Kier alpha value is -10.6. The third kappa shape index (κ3) is 6.72. The van der Waals surface area contributed by atoms with Crippen LogP contribution in [-0.4, -0.2) is 32.5 Å². The quantitative estimate of drug-likeness (QED) is 0.160. The highest BCUT2D eigenvalue weighted by Gasteiger charge is 2.51. The number of anilines is 9. The highest BCUT2D eigenvalue weighted by molar-refractivity contribution is 7.03. The highest BCUT2D eigenvalue weighted by Crippen LogP contribution is 2.54. The van der Waals surface area contributed by atoms with Gasteiger partial charge < -0.3 is 14.5 Å². The Labute approximate surface area is 511 Å². The molecule has 0 radical (unpaired) electrons. The van der Waals surface area contributed by atoms with Crippen molar-refractivity contribution in [3.8, 4) is 23.0 Å². The van der Waals surface area contributed by atoms with Crippen molar-refractivity contribution in [1.82, 2.24) is 19.1 Å². The number of aromatic nitrogens is 4. The molecule has 88 heavy (non-hydrogen) atoms. The summed E-state index contributed by atoms with van der Waals surface area (Å²) in [6.07, 6.45) is 2.26. The monoisotopic (exact) mass is 1130 g/mol. The molecule has 5 aliphatic rings. The Morgan fingerprint density at radius 1 is 0.375 bits per heavy atom. The fraction of sp³-hybridized carbons (Fsp3) is 0.103. The Morgan fingerprint density at radius 3 is 1.45 bits per heavy atom. The van der Waals surface area contributed by atoms with E-state index in [1.165, 1.54) is 33.0 Å². The van der Waals surface area contributed by atoms with Crippen LogP contribution in [0.1, 0.15) is 51.7 Å². The maximum atomic E-state index is 7.21. The zero-order chi connectivity index (χ0) is 58.3. The van der Waals surface area contributed by atoms with Crippen LogP contribution in [-0.2, 0) is 10.8 Å². The summed E-state index contributed by atoms with van der Waals surface area (Å²) < 4.78 is 11.9. The smallest absolute Gasteiger partial charge is 0.258 e. The van der Waals surface area contributed by atoms with Gasteiger partial charge in [0.25, 0.3) is 13.4 Å². The van der Waals surface area contributed by atoms with Crippen LogP contribution in [0.15, 0.2) is 249 Å². The lowest BCUT2D eigenvalue weighted by Gasteiger charge is -2.46. The molecule has 10 heteroatoms. The van der Waals surface area contributed by atoms with Gasteiger partial charge in [0.2, 0.25) is 5.88 Å². The Kier molecular flexibility index (Phi) is 10.2. The first kappa shape index (κ1) is 49.7. The molecule has 0 fully saturated rings. The van der Waals surface area contributed by atoms with Crippen LogP contribution >= 0.6 is 0 Å². The lowest BCUT2D eigenvalue weighted by atomic mass is 9.30. The summed E-state index contributed by atoms with van der Waals surface area (Å²) >= 11 is 0. The van der Waals surface area contributed by atoms with Gasteiger partial charge in [-0.3, -0.25) is 14.0 Å². The molecule has 1 aliphatic carbocycles. The molecular weight excluding hydrogens is 1070 g/mol. The molecule has 0 spiro atoms. The molecule has 0 N–H and O–H groups in total. The number of fused-ring (bicyclic) bond motifs is 17. The normalized spacial score (nSPS) is 15.3. The molecule has 0 saturated heterocycles. The minimum absolute atomic E-state index is 0.0213. The average molecular weight is 1130 g/mol. The Balaban J connectivity index is 0.977. The van der Waals surface area contributed by atoms with Gasteiger partial charge in [-0.2, -0.15) is 4.98 Å². The molecule has 0 atom stereocenters. The van der Waals surface area contributed by atoms with Gasteiger partial charge in [0.15, 0.2) is 5.65 Å². The number of hydrogen-bond donors (Lipinski definition) is 0. The van der Waals surface area contributed by atoms with Gasteiger partial charge in [0.05, 0.1) is 33.2 Å². The summed E-state index contributed by atoms with van der Waals surface area (Å²) in [5, 5.41) is 4.45. The van der Waals surface area contributed by atoms with E-state index in [1.807, 2.05) is 0 Å². The standard InChI is InChI=1S/C78H57B2N7O/c1-77(2)43-44-78(3,4)56-45-52(41-42-55(56)77)87-63-39-23-19-35-57(63)79-59-46-60-65(47-64(59)83(48-25-9-5-10-26-48)71-67-53-33-17-21-37-61(53)85(50-29-13-7-14-30-50)73(67)81-75(87)69(71)79)84(49-27-11-6-12-28-49)72-68-54-34-18-22-38-62(54)86(51-31-15-8-16-32-51)74(68)82-76-70(72)80(60)58-36-20-24-40-66(58)88-76/h5-42,45-47H,43-44H2,1-4H3. The van der Waals surface area contributed by atoms with Crippen molar-refractivity contribution in [2.45, 2.75) is 51.4 Å². The van der Waals surface area contributed by atoms with Gasteiger partial charge in [-0.15, -0.1) is 0 Å². The van der Waals surface area contributed by atoms with E-state index in [9.17, 15) is 0 Å². The second-order valence-corrected chi connectivity index (χ2v) is 25.9. The number of pyridine rings is 2. The van der Waals surface area contributed by atoms with Crippen molar-refractivity contribution in [2.75, 3.05) is 14.7 Å². The fourth-order valence-electron chi connectivity index (χ4n) is 16.1. The first-order valence-corrected chi connectivity index (χ1v) is 30.9. The van der Waals surface area contributed by atoms with Crippen LogP contribution in [0.5, 0.6) is 11.6 Å². The summed E-state index contributed by atoms with van der Waals surface area (Å²) in [4.78, 5) is 19.6. The minimum atomic E-state index is -0.250. The molecule has 19 rings (SSSR count). The molecule has 0 saturated carbocycles. The van der Waals surface area contributed by atoms with Crippen LogP contribution in [0.25, 0.3) is 55.2 Å². The predicted octanol–water partition coefficient (Wildman–Crippen LogP) is 15.5. The Bertz CT molecular complexity index is 5290. The average Bonchev–Trinajstić information content (AvgIpc) is 1.18. The van der Waals surface area contributed by atoms with Gasteiger partial charge in [-0.1, -0.05) is 185 Å². The van der Waals surface area contributed by atoms with Gasteiger partial charge >= 0.3 is 0 Å². The first-order chi connectivity index (χ1) is 43.2. The highest BCUT2D eigenvalue weighted by atomic mass is 16.5. The molecule has 8 nitrogen and oxygen atoms in total. The van der Waals surface area contributed by atoms with Crippen LogP contribution in [0.4, 0.5) is 51.3 Å². The van der Waals surface area contributed by atoms with E-state index in [0.717, 1.165) is 136 Å². The van der Waals surface area contributed by atoms with E-state index < -0.39 is 0 Å². The van der Waals surface area contributed by atoms with Crippen LogP contribution in [0.3, 0.4) is 0 Å². The van der Waals surface area contributed by atoms with Crippen molar-refractivity contribution in [1.29, 1.82) is 0 Å². The molecule has 0 unspecified atom stereocenters. The van der Waals surface area contributed by atoms with Crippen molar-refractivity contribution < 1.29 is 4.74 Å². The Morgan fingerprint density at radius 2 is 0.852 bits per heavy atom. The summed E-state index contributed by atoms with van der Waals surface area (Å²) in [5.74, 6) is 2.36. The third-order valence-electron chi connectivity index (χ3n) is 20.2. The fourth-order valence-corrected chi connectivity index (χ4v) is 16.1. The maximum absolute atomic E-state index is 7.21. The zero-order valence-corrected chi connectivity index (χ0v) is 49.3. The van der Waals surface area contributed by atoms with Crippen molar-refractivity contribution >= 4 is 141 Å². The summed E-state index contributed by atoms with van der Waals surface area (Å²) in [6, 6.07) is 91.6. The summed E-state index contributed by atoms with van der Waals surface area (Å²) in [7, 11) is 0. The van der Waals surface area contributed by atoms with Gasteiger partial charge in [0, 0.05) is 61.7 Å². The summed E-state index contributed by atoms with van der Waals surface area (Å²) in [6.45, 7) is 9.21. The van der Waals surface area contributed by atoms with E-state index >= 15 is 0 Å². The maximum Gasteiger partial charge on any atom is 0.258 e. The molecular formula is C78H57B2N7O. The minimum Gasteiger partial charge on any atom is -0.440 e.